The van der Waals surface area contributed by atoms with Crippen LogP contribution in [0.1, 0.15) is 52.9 Å². The lowest BCUT2D eigenvalue weighted by Crippen LogP contribution is -2.28. The number of aromatic nitrogens is 1. The van der Waals surface area contributed by atoms with Gasteiger partial charge in [0.05, 0.1) is 0 Å². The fourth-order valence-electron chi connectivity index (χ4n) is 2.65. The van der Waals surface area contributed by atoms with Crippen LogP contribution in [0.4, 0.5) is 0 Å². The first-order chi connectivity index (χ1) is 8.11. The van der Waals surface area contributed by atoms with Crippen molar-refractivity contribution in [1.29, 1.82) is 0 Å². The van der Waals surface area contributed by atoms with Crippen molar-refractivity contribution >= 4 is 5.91 Å². The van der Waals surface area contributed by atoms with Gasteiger partial charge in [-0.05, 0) is 43.7 Å². The van der Waals surface area contributed by atoms with Crippen molar-refractivity contribution in [3.05, 3.63) is 32.7 Å². The van der Waals surface area contributed by atoms with Crippen molar-refractivity contribution in [2.75, 3.05) is 0 Å². The molecule has 1 aromatic rings. The smallest absolute Gasteiger partial charge is 0.261 e. The Balaban J connectivity index is 2.64. The molecule has 4 heteroatoms. The van der Waals surface area contributed by atoms with Crippen molar-refractivity contribution in [3.63, 3.8) is 0 Å². The minimum Gasteiger partial charge on any atom is -0.365 e. The van der Waals surface area contributed by atoms with Gasteiger partial charge >= 0.3 is 0 Å². The molecular formula is C13H18N2O2. The summed E-state index contributed by atoms with van der Waals surface area (Å²) in [5, 5.41) is 0. The average molecular weight is 234 g/mol. The van der Waals surface area contributed by atoms with E-state index in [0.717, 1.165) is 48.9 Å². The third kappa shape index (κ3) is 2.25. The lowest BCUT2D eigenvalue weighted by Gasteiger charge is -2.17. The summed E-state index contributed by atoms with van der Waals surface area (Å²) in [6.07, 6.45) is 6.22. The van der Waals surface area contributed by atoms with Crippen molar-refractivity contribution in [1.82, 2.24) is 4.98 Å². The summed E-state index contributed by atoms with van der Waals surface area (Å²) in [4.78, 5) is 25.9. The number of H-pyrrole nitrogens is 1. The van der Waals surface area contributed by atoms with E-state index in [1.165, 1.54) is 6.42 Å². The third-order valence-electron chi connectivity index (χ3n) is 3.50. The summed E-state index contributed by atoms with van der Waals surface area (Å²) in [5.74, 6) is -0.608. The number of nitrogens with two attached hydrogens (primary N) is 1. The molecule has 1 aliphatic rings. The van der Waals surface area contributed by atoms with E-state index in [0.29, 0.717) is 0 Å². The molecule has 3 N–H and O–H groups in total. The fourth-order valence-corrected chi connectivity index (χ4v) is 2.65. The Morgan fingerprint density at radius 3 is 2.29 bits per heavy atom. The lowest BCUT2D eigenvalue weighted by atomic mass is 9.89. The highest BCUT2D eigenvalue weighted by Gasteiger charge is 2.19. The fraction of sp³-hybridized carbons (Fsp3) is 0.538. The number of carbonyl (C=O) groups excluding carboxylic acids is 1. The first-order valence-corrected chi connectivity index (χ1v) is 6.15. The Hall–Kier alpha value is -1.58. The normalized spacial score (nSPS) is 15.8. The predicted molar refractivity (Wildman–Crippen MR) is 66.2 cm³/mol. The highest BCUT2D eigenvalue weighted by atomic mass is 16.2. The Morgan fingerprint density at radius 1 is 1.12 bits per heavy atom. The van der Waals surface area contributed by atoms with Gasteiger partial charge in [-0.2, -0.15) is 0 Å². The number of aromatic amines is 1. The Kier molecular flexibility index (Phi) is 3.31. The number of carbonyl (C=O) groups is 1. The summed E-state index contributed by atoms with van der Waals surface area (Å²) < 4.78 is 0. The molecule has 1 aromatic heterocycles. The first-order valence-electron chi connectivity index (χ1n) is 6.15. The van der Waals surface area contributed by atoms with Gasteiger partial charge in [0, 0.05) is 5.69 Å². The van der Waals surface area contributed by atoms with Gasteiger partial charge in [0.2, 0.25) is 0 Å². The van der Waals surface area contributed by atoms with E-state index >= 15 is 0 Å². The van der Waals surface area contributed by atoms with E-state index in [2.05, 4.69) is 4.98 Å². The maximum absolute atomic E-state index is 11.8. The second-order valence-corrected chi connectivity index (χ2v) is 4.69. The number of amides is 1. The highest BCUT2D eigenvalue weighted by Crippen LogP contribution is 2.23. The quantitative estimate of drug-likeness (QED) is 0.771. The summed E-state index contributed by atoms with van der Waals surface area (Å²) in [5.41, 5.74) is 8.05. The molecule has 0 radical (unpaired) electrons. The van der Waals surface area contributed by atoms with Crippen molar-refractivity contribution in [3.8, 4) is 0 Å². The van der Waals surface area contributed by atoms with Crippen LogP contribution in [-0.4, -0.2) is 10.9 Å². The molecule has 1 aliphatic carbocycles. The van der Waals surface area contributed by atoms with Crippen molar-refractivity contribution in [2.45, 2.75) is 45.4 Å². The summed E-state index contributed by atoms with van der Waals surface area (Å²) in [6, 6.07) is 0. The SMILES string of the molecule is Cc1[nH]c(=O)c(C(N)=O)c2c1CCCCCC2. The van der Waals surface area contributed by atoms with Gasteiger partial charge in [0.1, 0.15) is 5.56 Å². The minimum atomic E-state index is -0.608. The highest BCUT2D eigenvalue weighted by molar-refractivity contribution is 5.94. The number of fused-ring (bicyclic) bond motifs is 1. The number of pyridine rings is 1. The topological polar surface area (TPSA) is 75.9 Å². The molecule has 0 spiro atoms. The standard InChI is InChI=1S/C13H18N2O2/c1-8-9-6-4-2-3-5-7-10(9)11(12(14)16)13(17)15-8/h2-7H2,1H3,(H2,14,16)(H,15,17). The number of nitrogens with one attached hydrogen (secondary N) is 1. The minimum absolute atomic E-state index is 0.174. The average Bonchev–Trinajstić information content (AvgIpc) is 2.19. The molecule has 0 aromatic carbocycles. The molecule has 1 amide bonds. The number of hydrogen-bond acceptors (Lipinski definition) is 2. The molecule has 0 atom stereocenters. The van der Waals surface area contributed by atoms with Crippen LogP contribution in [0, 0.1) is 6.92 Å². The van der Waals surface area contributed by atoms with E-state index in [4.69, 9.17) is 5.73 Å². The zero-order chi connectivity index (χ0) is 12.4. The predicted octanol–water partition coefficient (Wildman–Crippen LogP) is 1.44. The molecule has 17 heavy (non-hydrogen) atoms. The van der Waals surface area contributed by atoms with Crippen LogP contribution in [-0.2, 0) is 12.8 Å². The van der Waals surface area contributed by atoms with Crippen molar-refractivity contribution in [2.24, 2.45) is 5.73 Å². The van der Waals surface area contributed by atoms with E-state index in [1.54, 1.807) is 0 Å². The molecule has 92 valence electrons. The summed E-state index contributed by atoms with van der Waals surface area (Å²) in [7, 11) is 0. The monoisotopic (exact) mass is 234 g/mol. The van der Waals surface area contributed by atoms with E-state index < -0.39 is 5.91 Å². The molecule has 0 aliphatic heterocycles. The number of aryl methyl sites for hydroxylation is 1. The molecular weight excluding hydrogens is 216 g/mol. The molecule has 0 saturated carbocycles. The molecule has 0 fully saturated rings. The first kappa shape index (κ1) is 11.9. The molecule has 1 heterocycles. The van der Waals surface area contributed by atoms with Gasteiger partial charge in [0.25, 0.3) is 11.5 Å². The zero-order valence-corrected chi connectivity index (χ0v) is 10.1. The largest absolute Gasteiger partial charge is 0.365 e. The van der Waals surface area contributed by atoms with Crippen LogP contribution in [0.2, 0.25) is 0 Å². The van der Waals surface area contributed by atoms with E-state index in [-0.39, 0.29) is 11.1 Å². The van der Waals surface area contributed by atoms with Crippen molar-refractivity contribution < 1.29 is 4.79 Å². The Morgan fingerprint density at radius 2 is 1.71 bits per heavy atom. The van der Waals surface area contributed by atoms with Crippen LogP contribution in [0.3, 0.4) is 0 Å². The Labute approximate surface area is 100 Å². The van der Waals surface area contributed by atoms with Crippen LogP contribution in [0.5, 0.6) is 0 Å². The molecule has 2 rings (SSSR count). The van der Waals surface area contributed by atoms with Crippen LogP contribution in [0.25, 0.3) is 0 Å². The van der Waals surface area contributed by atoms with E-state index in [9.17, 15) is 9.59 Å². The maximum Gasteiger partial charge on any atom is 0.261 e. The zero-order valence-electron chi connectivity index (χ0n) is 10.1. The van der Waals surface area contributed by atoms with Crippen LogP contribution in [0.15, 0.2) is 4.79 Å². The number of primary amides is 1. The lowest BCUT2D eigenvalue weighted by molar-refractivity contribution is 0.0997. The third-order valence-corrected chi connectivity index (χ3v) is 3.50. The molecule has 0 saturated heterocycles. The van der Waals surface area contributed by atoms with Crippen LogP contribution >= 0.6 is 0 Å². The molecule has 0 unspecified atom stereocenters. The van der Waals surface area contributed by atoms with Gasteiger partial charge < -0.3 is 10.7 Å². The molecule has 4 nitrogen and oxygen atoms in total. The summed E-state index contributed by atoms with van der Waals surface area (Å²) in [6.45, 7) is 1.90. The second-order valence-electron chi connectivity index (χ2n) is 4.69. The van der Waals surface area contributed by atoms with Gasteiger partial charge in [-0.3, -0.25) is 9.59 Å². The Bertz CT molecular complexity index is 503. The summed E-state index contributed by atoms with van der Waals surface area (Å²) >= 11 is 0. The van der Waals surface area contributed by atoms with E-state index in [1.807, 2.05) is 6.92 Å². The van der Waals surface area contributed by atoms with Crippen LogP contribution < -0.4 is 11.3 Å². The van der Waals surface area contributed by atoms with Gasteiger partial charge in [-0.15, -0.1) is 0 Å². The number of rotatable bonds is 1. The van der Waals surface area contributed by atoms with Gasteiger partial charge in [0.15, 0.2) is 0 Å². The van der Waals surface area contributed by atoms with Gasteiger partial charge in [-0.25, -0.2) is 0 Å². The van der Waals surface area contributed by atoms with Gasteiger partial charge in [-0.1, -0.05) is 12.8 Å². The maximum atomic E-state index is 11.8. The molecule has 0 bridgehead atoms. The second kappa shape index (κ2) is 4.73. The number of hydrogen-bond donors (Lipinski definition) is 2.